The summed E-state index contributed by atoms with van der Waals surface area (Å²) in [6.07, 6.45) is 4.05. The van der Waals surface area contributed by atoms with Gasteiger partial charge in [-0.15, -0.1) is 0 Å². The Bertz CT molecular complexity index is 361. The molecule has 0 aliphatic carbocycles. The molecule has 0 bridgehead atoms. The maximum atomic E-state index is 12.0. The van der Waals surface area contributed by atoms with Crippen LogP contribution in [0.4, 0.5) is 5.82 Å². The summed E-state index contributed by atoms with van der Waals surface area (Å²) in [5.74, 6) is 1.16. The highest BCUT2D eigenvalue weighted by molar-refractivity contribution is 5.91. The highest BCUT2D eigenvalue weighted by Gasteiger charge is 2.13. The van der Waals surface area contributed by atoms with Crippen molar-refractivity contribution in [3.63, 3.8) is 0 Å². The van der Waals surface area contributed by atoms with Gasteiger partial charge >= 0.3 is 0 Å². The molecule has 0 aliphatic heterocycles. The molecular formula is C12H20N4O. The van der Waals surface area contributed by atoms with Crippen LogP contribution >= 0.6 is 0 Å². The number of nitrogens with one attached hydrogen (secondary N) is 1. The summed E-state index contributed by atoms with van der Waals surface area (Å²) in [5, 5.41) is 2.86. The molecule has 1 aromatic rings. The van der Waals surface area contributed by atoms with Crippen molar-refractivity contribution >= 4 is 11.7 Å². The Morgan fingerprint density at radius 2 is 2.12 bits per heavy atom. The molecule has 0 fully saturated rings. The van der Waals surface area contributed by atoms with Crippen LogP contribution in [0.1, 0.15) is 30.8 Å². The SMILES string of the molecule is CNc1cnc(C(=O)N(C)CCC(C)C)cn1. The smallest absolute Gasteiger partial charge is 0.273 e. The van der Waals surface area contributed by atoms with Gasteiger partial charge in [0, 0.05) is 20.6 Å². The van der Waals surface area contributed by atoms with Crippen molar-refractivity contribution in [1.29, 1.82) is 0 Å². The molecule has 0 saturated carbocycles. The Kier molecular flexibility index (Phi) is 4.87. The number of hydrogen-bond donors (Lipinski definition) is 1. The van der Waals surface area contributed by atoms with E-state index < -0.39 is 0 Å². The second kappa shape index (κ2) is 6.18. The predicted molar refractivity (Wildman–Crippen MR) is 68.0 cm³/mol. The lowest BCUT2D eigenvalue weighted by Gasteiger charge is -2.17. The van der Waals surface area contributed by atoms with Crippen molar-refractivity contribution in [2.75, 3.05) is 26.0 Å². The zero-order valence-electron chi connectivity index (χ0n) is 10.9. The molecule has 17 heavy (non-hydrogen) atoms. The van der Waals surface area contributed by atoms with E-state index in [2.05, 4.69) is 29.1 Å². The van der Waals surface area contributed by atoms with Gasteiger partial charge in [-0.1, -0.05) is 13.8 Å². The number of aromatic nitrogens is 2. The third kappa shape index (κ3) is 4.01. The van der Waals surface area contributed by atoms with E-state index in [1.54, 1.807) is 25.2 Å². The van der Waals surface area contributed by atoms with Crippen LogP contribution in [0, 0.1) is 5.92 Å². The van der Waals surface area contributed by atoms with E-state index in [-0.39, 0.29) is 5.91 Å². The quantitative estimate of drug-likeness (QED) is 0.844. The van der Waals surface area contributed by atoms with Crippen LogP contribution in [0.15, 0.2) is 12.4 Å². The molecule has 0 atom stereocenters. The fourth-order valence-electron chi connectivity index (χ4n) is 1.32. The van der Waals surface area contributed by atoms with Crippen molar-refractivity contribution < 1.29 is 4.79 Å². The van der Waals surface area contributed by atoms with Crippen LogP contribution in [-0.4, -0.2) is 41.4 Å². The van der Waals surface area contributed by atoms with Crippen molar-refractivity contribution in [3.05, 3.63) is 18.1 Å². The van der Waals surface area contributed by atoms with Gasteiger partial charge in [-0.3, -0.25) is 4.79 Å². The summed E-state index contributed by atoms with van der Waals surface area (Å²) in [4.78, 5) is 21.8. The molecule has 5 heteroatoms. The van der Waals surface area contributed by atoms with Crippen LogP contribution in [0.2, 0.25) is 0 Å². The predicted octanol–water partition coefficient (Wildman–Crippen LogP) is 1.64. The van der Waals surface area contributed by atoms with Gasteiger partial charge in [0.2, 0.25) is 0 Å². The number of carbonyl (C=O) groups is 1. The van der Waals surface area contributed by atoms with Gasteiger partial charge < -0.3 is 10.2 Å². The normalized spacial score (nSPS) is 10.4. The number of anilines is 1. The third-order valence-corrected chi connectivity index (χ3v) is 2.52. The van der Waals surface area contributed by atoms with E-state index in [9.17, 15) is 4.79 Å². The van der Waals surface area contributed by atoms with E-state index in [0.717, 1.165) is 13.0 Å². The third-order valence-electron chi connectivity index (χ3n) is 2.52. The van der Waals surface area contributed by atoms with Crippen LogP contribution in [0.25, 0.3) is 0 Å². The van der Waals surface area contributed by atoms with Gasteiger partial charge in [-0.25, -0.2) is 9.97 Å². The summed E-state index contributed by atoms with van der Waals surface area (Å²) in [7, 11) is 3.55. The highest BCUT2D eigenvalue weighted by Crippen LogP contribution is 2.05. The van der Waals surface area contributed by atoms with E-state index in [1.165, 1.54) is 6.20 Å². The second-order valence-corrected chi connectivity index (χ2v) is 4.45. The molecule has 1 heterocycles. The lowest BCUT2D eigenvalue weighted by molar-refractivity contribution is 0.0783. The van der Waals surface area contributed by atoms with Crippen molar-refractivity contribution in [3.8, 4) is 0 Å². The largest absolute Gasteiger partial charge is 0.372 e. The fraction of sp³-hybridized carbons (Fsp3) is 0.583. The minimum absolute atomic E-state index is 0.0826. The number of carbonyl (C=O) groups excluding carboxylic acids is 1. The Hall–Kier alpha value is -1.65. The van der Waals surface area contributed by atoms with Crippen molar-refractivity contribution in [2.45, 2.75) is 20.3 Å². The van der Waals surface area contributed by atoms with Crippen LogP contribution in [-0.2, 0) is 0 Å². The first-order valence-corrected chi connectivity index (χ1v) is 5.80. The average Bonchev–Trinajstić information content (AvgIpc) is 2.35. The standard InChI is InChI=1S/C12H20N4O/c1-9(2)5-6-16(4)12(17)10-7-15-11(13-3)8-14-10/h7-9H,5-6H2,1-4H3,(H,13,15). The average molecular weight is 236 g/mol. The lowest BCUT2D eigenvalue weighted by Crippen LogP contribution is -2.29. The van der Waals surface area contributed by atoms with E-state index >= 15 is 0 Å². The monoisotopic (exact) mass is 236 g/mol. The minimum Gasteiger partial charge on any atom is -0.372 e. The van der Waals surface area contributed by atoms with Gasteiger partial charge in [0.15, 0.2) is 0 Å². The molecule has 0 saturated heterocycles. The molecule has 5 nitrogen and oxygen atoms in total. The van der Waals surface area contributed by atoms with Gasteiger partial charge in [0.25, 0.3) is 5.91 Å². The topological polar surface area (TPSA) is 58.1 Å². The Balaban J connectivity index is 2.61. The Morgan fingerprint density at radius 3 is 2.59 bits per heavy atom. The van der Waals surface area contributed by atoms with Crippen molar-refractivity contribution in [1.82, 2.24) is 14.9 Å². The molecule has 0 radical (unpaired) electrons. The molecule has 0 spiro atoms. The summed E-state index contributed by atoms with van der Waals surface area (Å²) >= 11 is 0. The second-order valence-electron chi connectivity index (χ2n) is 4.45. The highest BCUT2D eigenvalue weighted by atomic mass is 16.2. The number of hydrogen-bond acceptors (Lipinski definition) is 4. The zero-order chi connectivity index (χ0) is 12.8. The minimum atomic E-state index is -0.0826. The van der Waals surface area contributed by atoms with Crippen LogP contribution in [0.3, 0.4) is 0 Å². The first kappa shape index (κ1) is 13.4. The molecule has 1 rings (SSSR count). The van der Waals surface area contributed by atoms with Crippen LogP contribution in [0.5, 0.6) is 0 Å². The van der Waals surface area contributed by atoms with Crippen molar-refractivity contribution in [2.24, 2.45) is 5.92 Å². The molecule has 0 aliphatic rings. The number of nitrogens with zero attached hydrogens (tertiary/aromatic N) is 3. The summed E-state index contributed by atoms with van der Waals surface area (Å²) in [6, 6.07) is 0. The van der Waals surface area contributed by atoms with E-state index in [1.807, 2.05) is 0 Å². The van der Waals surface area contributed by atoms with Gasteiger partial charge in [-0.2, -0.15) is 0 Å². The maximum absolute atomic E-state index is 12.0. The number of amides is 1. The number of rotatable bonds is 5. The lowest BCUT2D eigenvalue weighted by atomic mass is 10.1. The maximum Gasteiger partial charge on any atom is 0.273 e. The molecule has 0 aromatic carbocycles. The first-order valence-electron chi connectivity index (χ1n) is 5.80. The van der Waals surface area contributed by atoms with Crippen LogP contribution < -0.4 is 5.32 Å². The first-order chi connectivity index (χ1) is 8.04. The molecule has 0 unspecified atom stereocenters. The molecule has 1 N–H and O–H groups in total. The Morgan fingerprint density at radius 1 is 1.41 bits per heavy atom. The fourth-order valence-corrected chi connectivity index (χ4v) is 1.32. The molecule has 94 valence electrons. The van der Waals surface area contributed by atoms with Gasteiger partial charge in [-0.05, 0) is 12.3 Å². The summed E-state index contributed by atoms with van der Waals surface area (Å²) < 4.78 is 0. The van der Waals surface area contributed by atoms with Gasteiger partial charge in [0.05, 0.1) is 12.4 Å². The Labute approximate surface area is 102 Å². The zero-order valence-corrected chi connectivity index (χ0v) is 10.9. The summed E-state index contributed by atoms with van der Waals surface area (Å²) in [6.45, 7) is 5.02. The molecule has 1 aromatic heterocycles. The van der Waals surface area contributed by atoms with E-state index in [0.29, 0.717) is 17.4 Å². The van der Waals surface area contributed by atoms with Gasteiger partial charge in [0.1, 0.15) is 11.5 Å². The van der Waals surface area contributed by atoms with E-state index in [4.69, 9.17) is 0 Å². The summed E-state index contributed by atoms with van der Waals surface area (Å²) in [5.41, 5.74) is 0.384. The molecule has 1 amide bonds. The molecular weight excluding hydrogens is 216 g/mol.